The van der Waals surface area contributed by atoms with Crippen molar-refractivity contribution in [2.24, 2.45) is 0 Å². The Kier molecular flexibility index (Phi) is 5.77. The minimum Gasteiger partial charge on any atom is -0.293 e. The number of hydrogen-bond donors (Lipinski definition) is 1. The highest BCUT2D eigenvalue weighted by atomic mass is 16.2. The number of imide groups is 2. The largest absolute Gasteiger partial charge is 0.293 e. The van der Waals surface area contributed by atoms with Crippen molar-refractivity contribution in [3.8, 4) is 0 Å². The van der Waals surface area contributed by atoms with Crippen molar-refractivity contribution in [3.63, 3.8) is 0 Å². The van der Waals surface area contributed by atoms with Gasteiger partial charge in [0.1, 0.15) is 0 Å². The number of nitrogens with zero attached hydrogens (tertiary/aromatic N) is 1. The summed E-state index contributed by atoms with van der Waals surface area (Å²) < 4.78 is 0. The molecule has 0 saturated carbocycles. The van der Waals surface area contributed by atoms with Crippen molar-refractivity contribution in [2.45, 2.75) is 65.3 Å². The van der Waals surface area contributed by atoms with Gasteiger partial charge in [-0.25, -0.2) is 0 Å². The first-order chi connectivity index (χ1) is 13.4. The molecule has 1 aromatic rings. The van der Waals surface area contributed by atoms with E-state index in [4.69, 9.17) is 0 Å². The van der Waals surface area contributed by atoms with Crippen LogP contribution in [0.15, 0.2) is 18.2 Å². The van der Waals surface area contributed by atoms with E-state index in [0.717, 1.165) is 25.7 Å². The van der Waals surface area contributed by atoms with Crippen molar-refractivity contribution >= 4 is 29.2 Å². The second kappa shape index (κ2) is 8.09. The quantitative estimate of drug-likeness (QED) is 0.766. The third-order valence-electron chi connectivity index (χ3n) is 5.37. The molecule has 0 bridgehead atoms. The molecule has 0 saturated heterocycles. The van der Waals surface area contributed by atoms with Crippen LogP contribution in [0.25, 0.3) is 5.57 Å². The lowest BCUT2D eigenvalue weighted by atomic mass is 9.80. The predicted molar refractivity (Wildman–Crippen MR) is 106 cm³/mol. The Morgan fingerprint density at radius 2 is 1.79 bits per heavy atom. The fraction of sp³-hybridized carbons (Fsp3) is 0.455. The van der Waals surface area contributed by atoms with Crippen LogP contribution in [-0.4, -0.2) is 34.6 Å². The zero-order valence-corrected chi connectivity index (χ0v) is 16.6. The summed E-state index contributed by atoms with van der Waals surface area (Å²) in [7, 11) is 0. The molecule has 3 rings (SSSR count). The zero-order chi connectivity index (χ0) is 20.4. The van der Waals surface area contributed by atoms with E-state index in [2.05, 4.69) is 5.32 Å². The van der Waals surface area contributed by atoms with Crippen LogP contribution in [0.2, 0.25) is 0 Å². The number of carbonyl (C=O) groups excluding carboxylic acids is 4. The number of benzene rings is 1. The van der Waals surface area contributed by atoms with E-state index in [1.54, 1.807) is 12.1 Å². The Bertz CT molecular complexity index is 879. The SMILES string of the molecule is CCCC(CCC)N1C(=O)C2=CCCc3c(C(=O)NC(C)=O)ccc(c32)C1=O. The van der Waals surface area contributed by atoms with Crippen molar-refractivity contribution in [2.75, 3.05) is 0 Å². The van der Waals surface area contributed by atoms with Crippen LogP contribution in [-0.2, 0) is 16.0 Å². The lowest BCUT2D eigenvalue weighted by molar-refractivity contribution is -0.125. The average Bonchev–Trinajstić information content (AvgIpc) is 2.65. The average molecular weight is 382 g/mol. The van der Waals surface area contributed by atoms with E-state index in [1.807, 2.05) is 19.9 Å². The van der Waals surface area contributed by atoms with Gasteiger partial charge in [-0.1, -0.05) is 32.8 Å². The number of amides is 4. The highest BCUT2D eigenvalue weighted by molar-refractivity contribution is 6.32. The van der Waals surface area contributed by atoms with Crippen LogP contribution < -0.4 is 5.32 Å². The van der Waals surface area contributed by atoms with E-state index in [-0.39, 0.29) is 17.9 Å². The van der Waals surface area contributed by atoms with Crippen LogP contribution >= 0.6 is 0 Å². The molecule has 1 N–H and O–H groups in total. The highest BCUT2D eigenvalue weighted by Crippen LogP contribution is 2.38. The first-order valence-corrected chi connectivity index (χ1v) is 9.96. The van der Waals surface area contributed by atoms with Crippen molar-refractivity contribution in [3.05, 3.63) is 40.5 Å². The molecule has 1 aromatic carbocycles. The molecule has 148 valence electrons. The highest BCUT2D eigenvalue weighted by Gasteiger charge is 2.41. The summed E-state index contributed by atoms with van der Waals surface area (Å²) >= 11 is 0. The molecule has 28 heavy (non-hydrogen) atoms. The summed E-state index contributed by atoms with van der Waals surface area (Å²) in [6, 6.07) is 3.09. The van der Waals surface area contributed by atoms with Gasteiger partial charge in [0.25, 0.3) is 17.7 Å². The third kappa shape index (κ3) is 3.39. The van der Waals surface area contributed by atoms with E-state index in [0.29, 0.717) is 40.7 Å². The molecule has 1 heterocycles. The summed E-state index contributed by atoms with van der Waals surface area (Å²) in [5, 5.41) is 2.28. The normalized spacial score (nSPS) is 15.4. The molecule has 0 spiro atoms. The first kappa shape index (κ1) is 20.0. The molecular weight excluding hydrogens is 356 g/mol. The molecule has 0 atom stereocenters. The summed E-state index contributed by atoms with van der Waals surface area (Å²) in [6.45, 7) is 5.38. The number of allylic oxidation sites excluding steroid dienone is 1. The summed E-state index contributed by atoms with van der Waals surface area (Å²) in [4.78, 5) is 51.6. The molecule has 1 aliphatic carbocycles. The smallest absolute Gasteiger partial charge is 0.261 e. The van der Waals surface area contributed by atoms with Gasteiger partial charge in [0, 0.05) is 35.2 Å². The van der Waals surface area contributed by atoms with Gasteiger partial charge in [0.05, 0.1) is 0 Å². The second-order valence-corrected chi connectivity index (χ2v) is 7.39. The third-order valence-corrected chi connectivity index (χ3v) is 5.37. The van der Waals surface area contributed by atoms with Gasteiger partial charge in [0.15, 0.2) is 0 Å². The molecule has 6 nitrogen and oxygen atoms in total. The minimum atomic E-state index is -0.497. The van der Waals surface area contributed by atoms with Crippen molar-refractivity contribution in [1.29, 1.82) is 0 Å². The fourth-order valence-electron chi connectivity index (χ4n) is 4.24. The Morgan fingerprint density at radius 1 is 1.11 bits per heavy atom. The lowest BCUT2D eigenvalue weighted by Crippen LogP contribution is -2.48. The Labute approximate surface area is 165 Å². The zero-order valence-electron chi connectivity index (χ0n) is 16.6. The Morgan fingerprint density at radius 3 is 2.39 bits per heavy atom. The maximum atomic E-state index is 13.2. The van der Waals surface area contributed by atoms with E-state index >= 15 is 0 Å². The summed E-state index contributed by atoms with van der Waals surface area (Å²) in [6.07, 6.45) is 6.38. The Hall–Kier alpha value is -2.76. The van der Waals surface area contributed by atoms with E-state index in [9.17, 15) is 19.2 Å². The number of carbonyl (C=O) groups is 4. The van der Waals surface area contributed by atoms with Gasteiger partial charge >= 0.3 is 0 Å². The van der Waals surface area contributed by atoms with Gasteiger partial charge < -0.3 is 0 Å². The van der Waals surface area contributed by atoms with Crippen LogP contribution in [0.5, 0.6) is 0 Å². The molecule has 1 aliphatic heterocycles. The molecule has 2 aliphatic rings. The predicted octanol–water partition coefficient (Wildman–Crippen LogP) is 3.24. The maximum absolute atomic E-state index is 13.2. The molecular formula is C22H26N2O4. The standard InChI is InChI=1S/C22H26N2O4/c1-4-7-14(8-5-2)24-21(27)17-10-6-9-15-16(20(26)23-13(3)25)11-12-18(19(15)17)22(24)28/h10-12,14H,4-9H2,1-3H3,(H,23,25,26). The van der Waals surface area contributed by atoms with Gasteiger partial charge in [0.2, 0.25) is 5.91 Å². The van der Waals surface area contributed by atoms with E-state index in [1.165, 1.54) is 11.8 Å². The first-order valence-electron chi connectivity index (χ1n) is 9.96. The fourth-order valence-corrected chi connectivity index (χ4v) is 4.24. The Balaban J connectivity index is 2.10. The molecule has 4 amide bonds. The van der Waals surface area contributed by atoms with E-state index < -0.39 is 11.8 Å². The van der Waals surface area contributed by atoms with Crippen LogP contribution in [0.3, 0.4) is 0 Å². The monoisotopic (exact) mass is 382 g/mol. The number of nitrogens with one attached hydrogen (secondary N) is 1. The molecule has 0 fully saturated rings. The molecule has 0 unspecified atom stereocenters. The van der Waals surface area contributed by atoms with Gasteiger partial charge in [-0.2, -0.15) is 0 Å². The van der Waals surface area contributed by atoms with Crippen LogP contribution in [0.4, 0.5) is 0 Å². The lowest BCUT2D eigenvalue weighted by Gasteiger charge is -2.37. The topological polar surface area (TPSA) is 83.6 Å². The number of hydrogen-bond acceptors (Lipinski definition) is 4. The van der Waals surface area contributed by atoms with Crippen molar-refractivity contribution < 1.29 is 19.2 Å². The van der Waals surface area contributed by atoms with Crippen LogP contribution in [0, 0.1) is 0 Å². The molecule has 0 radical (unpaired) electrons. The summed E-state index contributed by atoms with van der Waals surface area (Å²) in [5.74, 6) is -1.49. The minimum absolute atomic E-state index is 0.116. The van der Waals surface area contributed by atoms with Crippen LogP contribution in [0.1, 0.15) is 84.7 Å². The molecule has 6 heteroatoms. The van der Waals surface area contributed by atoms with Gasteiger partial charge in [-0.15, -0.1) is 0 Å². The van der Waals surface area contributed by atoms with Gasteiger partial charge in [-0.3, -0.25) is 29.4 Å². The second-order valence-electron chi connectivity index (χ2n) is 7.39. The van der Waals surface area contributed by atoms with Gasteiger partial charge in [-0.05, 0) is 43.4 Å². The number of rotatable bonds is 6. The maximum Gasteiger partial charge on any atom is 0.261 e. The summed E-state index contributed by atoms with van der Waals surface area (Å²) in [5.41, 5.74) is 2.58. The van der Waals surface area contributed by atoms with Crippen molar-refractivity contribution in [1.82, 2.24) is 10.2 Å². The molecule has 0 aromatic heterocycles.